The number of carbonyl (C=O) groups excluding carboxylic acids is 1. The van der Waals surface area contributed by atoms with Crippen molar-refractivity contribution in [1.82, 2.24) is 0 Å². The predicted octanol–water partition coefficient (Wildman–Crippen LogP) is 3.65. The van der Waals surface area contributed by atoms with Gasteiger partial charge in [-0.2, -0.15) is 0 Å². The first kappa shape index (κ1) is 19.6. The van der Waals surface area contributed by atoms with Crippen molar-refractivity contribution >= 4 is 5.78 Å². The van der Waals surface area contributed by atoms with Gasteiger partial charge in [0.15, 0.2) is 5.78 Å². The molecule has 0 saturated carbocycles. The number of benzene rings is 2. The molecule has 0 radical (unpaired) electrons. The Hall–Kier alpha value is -2.17. The zero-order valence-corrected chi connectivity index (χ0v) is 16.8. The Bertz CT molecular complexity index is 888. The van der Waals surface area contributed by atoms with Crippen LogP contribution in [0.1, 0.15) is 56.7 Å². The van der Waals surface area contributed by atoms with E-state index in [4.69, 9.17) is 10.5 Å². The number of aryl methyl sites for hydroxylation is 1. The average molecular weight is 367 g/mol. The van der Waals surface area contributed by atoms with Gasteiger partial charge in [0.05, 0.1) is 12.7 Å². The maximum Gasteiger partial charge on any atom is 0.197 e. The van der Waals surface area contributed by atoms with Crippen molar-refractivity contribution in [3.05, 3.63) is 63.2 Å². The van der Waals surface area contributed by atoms with E-state index in [2.05, 4.69) is 0 Å². The summed E-state index contributed by atoms with van der Waals surface area (Å²) in [5.41, 5.74) is 13.0. The van der Waals surface area contributed by atoms with E-state index in [-0.39, 0.29) is 30.3 Å². The van der Waals surface area contributed by atoms with Crippen molar-refractivity contribution in [3.63, 3.8) is 0 Å². The lowest BCUT2D eigenvalue weighted by Gasteiger charge is -2.21. The van der Waals surface area contributed by atoms with E-state index in [1.165, 1.54) is 0 Å². The summed E-state index contributed by atoms with van der Waals surface area (Å²) in [6.07, 6.45) is 0.779. The Kier molecular flexibility index (Phi) is 5.41. The highest BCUT2D eigenvalue weighted by molar-refractivity contribution is 6.13. The summed E-state index contributed by atoms with van der Waals surface area (Å²) in [6, 6.07) is 7.58. The molecule has 2 aromatic carbocycles. The third-order valence-electron chi connectivity index (χ3n) is 6.28. The van der Waals surface area contributed by atoms with Gasteiger partial charge in [0.1, 0.15) is 5.75 Å². The monoisotopic (exact) mass is 367 g/mol. The second kappa shape index (κ2) is 7.45. The standard InChI is InChI=1S/C23H29NO3/c1-12-7-6-8-16(14(12)3)23(26)21-15(4)18-9-17(13(2)11-25)22(24)19(18)10-20(21)27-5/h6-8,10,13,17,22,25H,9,11,24H2,1-5H3. The van der Waals surface area contributed by atoms with E-state index in [9.17, 15) is 9.90 Å². The molecule has 3 rings (SSSR count). The van der Waals surface area contributed by atoms with Crippen LogP contribution < -0.4 is 10.5 Å². The molecule has 3 atom stereocenters. The van der Waals surface area contributed by atoms with Gasteiger partial charge in [-0.05, 0) is 72.9 Å². The van der Waals surface area contributed by atoms with Crippen molar-refractivity contribution in [2.75, 3.05) is 13.7 Å². The lowest BCUT2D eigenvalue weighted by Crippen LogP contribution is -2.25. The third kappa shape index (κ3) is 3.17. The van der Waals surface area contributed by atoms with Crippen molar-refractivity contribution in [3.8, 4) is 5.75 Å². The Morgan fingerprint density at radius 2 is 2.00 bits per heavy atom. The highest BCUT2D eigenvalue weighted by Gasteiger charge is 2.36. The number of fused-ring (bicyclic) bond motifs is 1. The molecular weight excluding hydrogens is 338 g/mol. The van der Waals surface area contributed by atoms with Crippen LogP contribution in [0.2, 0.25) is 0 Å². The van der Waals surface area contributed by atoms with Gasteiger partial charge in [0.25, 0.3) is 0 Å². The second-order valence-corrected chi connectivity index (χ2v) is 7.78. The van der Waals surface area contributed by atoms with Crippen LogP contribution in [-0.2, 0) is 6.42 Å². The molecule has 144 valence electrons. The lowest BCUT2D eigenvalue weighted by atomic mass is 9.89. The number of nitrogens with two attached hydrogens (primary N) is 1. The molecule has 0 amide bonds. The van der Waals surface area contributed by atoms with Crippen LogP contribution >= 0.6 is 0 Å². The van der Waals surface area contributed by atoms with Gasteiger partial charge in [-0.25, -0.2) is 0 Å². The number of hydrogen-bond donors (Lipinski definition) is 2. The van der Waals surface area contributed by atoms with Gasteiger partial charge in [-0.1, -0.05) is 25.1 Å². The van der Waals surface area contributed by atoms with Crippen LogP contribution in [0.3, 0.4) is 0 Å². The fourth-order valence-electron chi connectivity index (χ4n) is 4.28. The molecule has 0 bridgehead atoms. The SMILES string of the molecule is COc1cc2c(c(C)c1C(=O)c1cccc(C)c1C)CC(C(C)CO)C2N. The predicted molar refractivity (Wildman–Crippen MR) is 107 cm³/mol. The molecule has 0 saturated heterocycles. The average Bonchev–Trinajstić information content (AvgIpc) is 2.99. The molecule has 0 heterocycles. The number of rotatable bonds is 5. The minimum absolute atomic E-state index is 0.0134. The Morgan fingerprint density at radius 3 is 2.63 bits per heavy atom. The van der Waals surface area contributed by atoms with E-state index in [0.29, 0.717) is 16.9 Å². The first-order valence-corrected chi connectivity index (χ1v) is 9.49. The maximum atomic E-state index is 13.4. The Labute approximate surface area is 161 Å². The normalized spacial score (nSPS) is 19.7. The van der Waals surface area contributed by atoms with Gasteiger partial charge in [0.2, 0.25) is 0 Å². The summed E-state index contributed by atoms with van der Waals surface area (Å²) in [6.45, 7) is 8.10. The molecule has 1 aliphatic rings. The van der Waals surface area contributed by atoms with Gasteiger partial charge < -0.3 is 15.6 Å². The summed E-state index contributed by atoms with van der Waals surface area (Å²) in [5, 5.41) is 9.58. The number of methoxy groups -OCH3 is 1. The molecule has 0 aromatic heterocycles. The molecule has 3 unspecified atom stereocenters. The van der Waals surface area contributed by atoms with Crippen LogP contribution in [0, 0.1) is 32.6 Å². The van der Waals surface area contributed by atoms with Crippen LogP contribution in [-0.4, -0.2) is 24.6 Å². The van der Waals surface area contributed by atoms with Crippen LogP contribution in [0.15, 0.2) is 24.3 Å². The van der Waals surface area contributed by atoms with E-state index in [0.717, 1.165) is 34.2 Å². The van der Waals surface area contributed by atoms with Crippen molar-refractivity contribution in [2.45, 2.75) is 40.2 Å². The van der Waals surface area contributed by atoms with Crippen molar-refractivity contribution < 1.29 is 14.6 Å². The number of ketones is 1. The molecule has 1 aliphatic carbocycles. The number of aliphatic hydroxyl groups is 1. The van der Waals surface area contributed by atoms with Gasteiger partial charge in [-0.3, -0.25) is 4.79 Å². The summed E-state index contributed by atoms with van der Waals surface area (Å²) < 4.78 is 5.61. The first-order valence-electron chi connectivity index (χ1n) is 9.49. The number of ether oxygens (including phenoxy) is 1. The fraction of sp³-hybridized carbons (Fsp3) is 0.435. The molecule has 2 aromatic rings. The van der Waals surface area contributed by atoms with Crippen LogP contribution in [0.25, 0.3) is 0 Å². The van der Waals surface area contributed by atoms with Crippen molar-refractivity contribution in [2.24, 2.45) is 17.6 Å². The highest BCUT2D eigenvalue weighted by Crippen LogP contribution is 2.44. The number of aliphatic hydroxyl groups excluding tert-OH is 1. The molecule has 3 N–H and O–H groups in total. The first-order chi connectivity index (χ1) is 12.8. The Balaban J connectivity index is 2.14. The molecule has 0 fully saturated rings. The summed E-state index contributed by atoms with van der Waals surface area (Å²) in [5.74, 6) is 0.834. The molecule has 27 heavy (non-hydrogen) atoms. The smallest absolute Gasteiger partial charge is 0.197 e. The van der Waals surface area contributed by atoms with Crippen LogP contribution in [0.4, 0.5) is 0 Å². The van der Waals surface area contributed by atoms with E-state index < -0.39 is 0 Å². The largest absolute Gasteiger partial charge is 0.496 e. The van der Waals surface area contributed by atoms with E-state index >= 15 is 0 Å². The summed E-state index contributed by atoms with van der Waals surface area (Å²) in [7, 11) is 1.59. The summed E-state index contributed by atoms with van der Waals surface area (Å²) >= 11 is 0. The molecule has 4 heteroatoms. The zero-order chi connectivity index (χ0) is 19.9. The van der Waals surface area contributed by atoms with Crippen LogP contribution in [0.5, 0.6) is 5.75 Å². The third-order valence-corrected chi connectivity index (χ3v) is 6.28. The second-order valence-electron chi connectivity index (χ2n) is 7.78. The quantitative estimate of drug-likeness (QED) is 0.791. The van der Waals surface area contributed by atoms with Gasteiger partial charge in [0, 0.05) is 18.2 Å². The number of carbonyl (C=O) groups is 1. The van der Waals surface area contributed by atoms with E-state index in [1.807, 2.05) is 52.0 Å². The van der Waals surface area contributed by atoms with Crippen molar-refractivity contribution in [1.29, 1.82) is 0 Å². The van der Waals surface area contributed by atoms with E-state index in [1.54, 1.807) is 7.11 Å². The highest BCUT2D eigenvalue weighted by atomic mass is 16.5. The Morgan fingerprint density at radius 1 is 1.30 bits per heavy atom. The topological polar surface area (TPSA) is 72.5 Å². The fourth-order valence-corrected chi connectivity index (χ4v) is 4.28. The summed E-state index contributed by atoms with van der Waals surface area (Å²) in [4.78, 5) is 13.4. The minimum atomic E-state index is -0.153. The zero-order valence-electron chi connectivity index (χ0n) is 16.8. The number of hydrogen-bond acceptors (Lipinski definition) is 4. The van der Waals surface area contributed by atoms with Gasteiger partial charge in [-0.15, -0.1) is 0 Å². The molecule has 0 aliphatic heterocycles. The molecule has 4 nitrogen and oxygen atoms in total. The molecular formula is C23H29NO3. The maximum absolute atomic E-state index is 13.4. The van der Waals surface area contributed by atoms with Gasteiger partial charge >= 0.3 is 0 Å². The lowest BCUT2D eigenvalue weighted by molar-refractivity contribution is 0.103. The molecule has 0 spiro atoms. The minimum Gasteiger partial charge on any atom is -0.496 e.